The number of hydrogen-bond acceptors (Lipinski definition) is 1. The molecule has 1 heterocycles. The summed E-state index contributed by atoms with van der Waals surface area (Å²) in [5.74, 6) is 0. The van der Waals surface area contributed by atoms with Gasteiger partial charge in [0.05, 0.1) is 0 Å². The molecule has 0 bridgehead atoms. The first-order valence-electron chi connectivity index (χ1n) is 5.48. The highest BCUT2D eigenvalue weighted by Crippen LogP contribution is 2.27. The van der Waals surface area contributed by atoms with Gasteiger partial charge in [0.15, 0.2) is 0 Å². The topological polar surface area (TPSA) is 12.9 Å². The first kappa shape index (κ1) is 11.2. The fourth-order valence-corrected chi connectivity index (χ4v) is 1.94. The van der Waals surface area contributed by atoms with E-state index < -0.39 is 0 Å². The second kappa shape index (κ2) is 4.12. The van der Waals surface area contributed by atoms with E-state index in [2.05, 4.69) is 45.7 Å². The van der Waals surface area contributed by atoms with E-state index in [0.717, 1.165) is 12.8 Å². The predicted octanol–water partition coefficient (Wildman–Crippen LogP) is 3.50. The molecule has 1 heteroatoms. The van der Waals surface area contributed by atoms with Gasteiger partial charge in [-0.1, -0.05) is 34.6 Å². The molecule has 1 aromatic heterocycles. The van der Waals surface area contributed by atoms with Crippen molar-refractivity contribution < 1.29 is 0 Å². The Morgan fingerprint density at radius 1 is 1.14 bits per heavy atom. The number of rotatable bonds is 2. The molecule has 0 saturated carbocycles. The van der Waals surface area contributed by atoms with Crippen molar-refractivity contribution in [2.24, 2.45) is 0 Å². The molecule has 0 aliphatic heterocycles. The Kier molecular flexibility index (Phi) is 3.30. The summed E-state index contributed by atoms with van der Waals surface area (Å²) in [6, 6.07) is 2.16. The van der Waals surface area contributed by atoms with Gasteiger partial charge in [-0.2, -0.15) is 0 Å². The van der Waals surface area contributed by atoms with Crippen molar-refractivity contribution in [2.45, 2.75) is 52.9 Å². The Bertz CT molecular complexity index is 308. The quantitative estimate of drug-likeness (QED) is 0.697. The summed E-state index contributed by atoms with van der Waals surface area (Å²) in [6.07, 6.45) is 4.06. The Balaban J connectivity index is 3.29. The average molecular weight is 191 g/mol. The molecule has 1 aromatic rings. The highest BCUT2D eigenvalue weighted by atomic mass is 14.7. The minimum absolute atomic E-state index is 0.234. The summed E-state index contributed by atoms with van der Waals surface area (Å²) in [5.41, 5.74) is 4.40. The van der Waals surface area contributed by atoms with Crippen LogP contribution < -0.4 is 0 Å². The standard InChI is InChI=1S/C13H21N/c1-6-10-11(13(3,4)5)8-9-14-12(10)7-2/h8-9H,6-7H2,1-5H3. The van der Waals surface area contributed by atoms with Crippen LogP contribution in [0.4, 0.5) is 0 Å². The van der Waals surface area contributed by atoms with Crippen LogP contribution in [0.1, 0.15) is 51.4 Å². The molecule has 0 atom stereocenters. The maximum atomic E-state index is 4.44. The monoisotopic (exact) mass is 191 g/mol. The van der Waals surface area contributed by atoms with Gasteiger partial charge in [-0.3, -0.25) is 4.98 Å². The number of aromatic nitrogens is 1. The molecule has 14 heavy (non-hydrogen) atoms. The van der Waals surface area contributed by atoms with Gasteiger partial charge in [-0.15, -0.1) is 0 Å². The van der Waals surface area contributed by atoms with Crippen LogP contribution in [-0.2, 0) is 18.3 Å². The minimum atomic E-state index is 0.234. The predicted molar refractivity (Wildman–Crippen MR) is 61.7 cm³/mol. The van der Waals surface area contributed by atoms with Crippen molar-refractivity contribution >= 4 is 0 Å². The average Bonchev–Trinajstić information content (AvgIpc) is 2.15. The lowest BCUT2D eigenvalue weighted by molar-refractivity contribution is 0.580. The normalized spacial score (nSPS) is 11.8. The summed E-state index contributed by atoms with van der Waals surface area (Å²) in [6.45, 7) is 11.2. The van der Waals surface area contributed by atoms with Crippen molar-refractivity contribution in [2.75, 3.05) is 0 Å². The van der Waals surface area contributed by atoms with Crippen LogP contribution in [0.2, 0.25) is 0 Å². The van der Waals surface area contributed by atoms with Gasteiger partial charge in [-0.25, -0.2) is 0 Å². The fraction of sp³-hybridized carbons (Fsp3) is 0.615. The molecule has 0 unspecified atom stereocenters. The molecule has 0 amide bonds. The van der Waals surface area contributed by atoms with Crippen LogP contribution in [0.15, 0.2) is 12.3 Å². The van der Waals surface area contributed by atoms with Gasteiger partial charge in [-0.05, 0) is 35.4 Å². The van der Waals surface area contributed by atoms with Crippen molar-refractivity contribution in [1.29, 1.82) is 0 Å². The molecule has 0 aliphatic rings. The van der Waals surface area contributed by atoms with Gasteiger partial charge in [0.1, 0.15) is 0 Å². The molecule has 0 N–H and O–H groups in total. The molecule has 0 aliphatic carbocycles. The van der Waals surface area contributed by atoms with Gasteiger partial charge in [0.2, 0.25) is 0 Å². The molecule has 0 fully saturated rings. The molecule has 0 saturated heterocycles. The zero-order valence-corrected chi connectivity index (χ0v) is 10.0. The van der Waals surface area contributed by atoms with Crippen LogP contribution in [0, 0.1) is 0 Å². The smallest absolute Gasteiger partial charge is 0.0435 e. The zero-order valence-electron chi connectivity index (χ0n) is 10.0. The number of pyridine rings is 1. The van der Waals surface area contributed by atoms with Crippen molar-refractivity contribution in [1.82, 2.24) is 4.98 Å². The summed E-state index contributed by atoms with van der Waals surface area (Å²) in [4.78, 5) is 4.44. The van der Waals surface area contributed by atoms with E-state index in [0.29, 0.717) is 0 Å². The maximum absolute atomic E-state index is 4.44. The first-order chi connectivity index (χ1) is 6.50. The second-order valence-electron chi connectivity index (χ2n) is 4.74. The van der Waals surface area contributed by atoms with Crippen LogP contribution in [0.5, 0.6) is 0 Å². The van der Waals surface area contributed by atoms with Gasteiger partial charge >= 0.3 is 0 Å². The highest BCUT2D eigenvalue weighted by Gasteiger charge is 2.18. The first-order valence-corrected chi connectivity index (χ1v) is 5.48. The molecular weight excluding hydrogens is 170 g/mol. The molecule has 1 rings (SSSR count). The molecule has 0 spiro atoms. The minimum Gasteiger partial charge on any atom is -0.261 e. The van der Waals surface area contributed by atoms with Crippen molar-refractivity contribution in [3.63, 3.8) is 0 Å². The lowest BCUT2D eigenvalue weighted by Crippen LogP contribution is -2.16. The number of hydrogen-bond donors (Lipinski definition) is 0. The lowest BCUT2D eigenvalue weighted by Gasteiger charge is -2.23. The third kappa shape index (κ3) is 2.14. The van der Waals surface area contributed by atoms with E-state index in [-0.39, 0.29) is 5.41 Å². The summed E-state index contributed by atoms with van der Waals surface area (Å²) < 4.78 is 0. The van der Waals surface area contributed by atoms with E-state index >= 15 is 0 Å². The van der Waals surface area contributed by atoms with Crippen LogP contribution in [0.3, 0.4) is 0 Å². The molecular formula is C13H21N. The molecule has 0 aromatic carbocycles. The Hall–Kier alpha value is -0.850. The third-order valence-electron chi connectivity index (χ3n) is 2.64. The van der Waals surface area contributed by atoms with Crippen molar-refractivity contribution in [3.05, 3.63) is 29.1 Å². The molecule has 78 valence electrons. The van der Waals surface area contributed by atoms with Crippen molar-refractivity contribution in [3.8, 4) is 0 Å². The molecule has 1 nitrogen and oxygen atoms in total. The highest BCUT2D eigenvalue weighted by molar-refractivity contribution is 5.35. The summed E-state index contributed by atoms with van der Waals surface area (Å²) >= 11 is 0. The van der Waals surface area contributed by atoms with Gasteiger partial charge < -0.3 is 0 Å². The van der Waals surface area contributed by atoms with Gasteiger partial charge in [0, 0.05) is 11.9 Å². The van der Waals surface area contributed by atoms with E-state index in [1.165, 1.54) is 16.8 Å². The van der Waals surface area contributed by atoms with Crippen LogP contribution in [-0.4, -0.2) is 4.98 Å². The van der Waals surface area contributed by atoms with Crippen LogP contribution >= 0.6 is 0 Å². The fourth-order valence-electron chi connectivity index (χ4n) is 1.94. The number of nitrogens with zero attached hydrogens (tertiary/aromatic N) is 1. The van der Waals surface area contributed by atoms with Crippen LogP contribution in [0.25, 0.3) is 0 Å². The van der Waals surface area contributed by atoms with E-state index in [1.807, 2.05) is 6.20 Å². The number of aryl methyl sites for hydroxylation is 1. The summed E-state index contributed by atoms with van der Waals surface area (Å²) in [7, 11) is 0. The second-order valence-corrected chi connectivity index (χ2v) is 4.74. The van der Waals surface area contributed by atoms with E-state index in [4.69, 9.17) is 0 Å². The van der Waals surface area contributed by atoms with Gasteiger partial charge in [0.25, 0.3) is 0 Å². The van der Waals surface area contributed by atoms with E-state index in [1.54, 1.807) is 0 Å². The molecule has 0 radical (unpaired) electrons. The Labute approximate surface area is 87.6 Å². The Morgan fingerprint density at radius 3 is 2.21 bits per heavy atom. The maximum Gasteiger partial charge on any atom is 0.0435 e. The third-order valence-corrected chi connectivity index (χ3v) is 2.64. The zero-order chi connectivity index (χ0) is 10.8. The SMILES string of the molecule is CCc1nccc(C(C)(C)C)c1CC. The summed E-state index contributed by atoms with van der Waals surface area (Å²) in [5, 5.41) is 0. The largest absolute Gasteiger partial charge is 0.261 e. The lowest BCUT2D eigenvalue weighted by atomic mass is 9.82. The Morgan fingerprint density at radius 2 is 1.79 bits per heavy atom. The van der Waals surface area contributed by atoms with E-state index in [9.17, 15) is 0 Å².